The average molecular weight is 339 g/mol. The van der Waals surface area contributed by atoms with Crippen LogP contribution in [0, 0.1) is 0 Å². The standard InChI is InChI=1S/C15H18O9/c16-4-1-7-8(2-5-17)11(14(21)22)12(15(23)24)9(3-6-18)10(7)13(19)20/h16-18H,1-6H2,(H,19,20)(H,21,22)(H,23,24)/p-3. The third kappa shape index (κ3) is 3.70. The normalized spacial score (nSPS) is 10.6. The van der Waals surface area contributed by atoms with Crippen molar-refractivity contribution in [3.63, 3.8) is 0 Å². The van der Waals surface area contributed by atoms with E-state index in [9.17, 15) is 29.7 Å². The summed E-state index contributed by atoms with van der Waals surface area (Å²) in [4.78, 5) is 34.3. The van der Waals surface area contributed by atoms with Gasteiger partial charge in [-0.1, -0.05) is 0 Å². The summed E-state index contributed by atoms with van der Waals surface area (Å²) < 4.78 is 0. The van der Waals surface area contributed by atoms with Crippen LogP contribution in [0.25, 0.3) is 0 Å². The molecule has 0 spiro atoms. The van der Waals surface area contributed by atoms with Gasteiger partial charge in [0.25, 0.3) is 0 Å². The number of aliphatic hydroxyl groups excluding tert-OH is 3. The van der Waals surface area contributed by atoms with Crippen molar-refractivity contribution in [3.05, 3.63) is 33.4 Å². The van der Waals surface area contributed by atoms with Crippen LogP contribution >= 0.6 is 0 Å². The van der Waals surface area contributed by atoms with Crippen molar-refractivity contribution in [2.24, 2.45) is 0 Å². The lowest BCUT2D eigenvalue weighted by molar-refractivity contribution is -0.260. The zero-order valence-electron chi connectivity index (χ0n) is 12.5. The highest BCUT2D eigenvalue weighted by Crippen LogP contribution is 2.29. The maximum absolute atomic E-state index is 11.5. The molecule has 3 N–H and O–H groups in total. The van der Waals surface area contributed by atoms with Gasteiger partial charge >= 0.3 is 0 Å². The number of hydrogen-bond acceptors (Lipinski definition) is 9. The summed E-state index contributed by atoms with van der Waals surface area (Å²) >= 11 is 0. The second kappa shape index (κ2) is 8.39. The molecule has 0 heterocycles. The van der Waals surface area contributed by atoms with Crippen LogP contribution in [0.2, 0.25) is 0 Å². The first-order valence-corrected chi connectivity index (χ1v) is 6.98. The molecule has 0 aromatic heterocycles. The summed E-state index contributed by atoms with van der Waals surface area (Å²) in [6.07, 6.45) is -1.17. The Hall–Kier alpha value is -2.49. The average Bonchev–Trinajstić information content (AvgIpc) is 2.48. The molecule has 0 aliphatic heterocycles. The van der Waals surface area contributed by atoms with Crippen LogP contribution in [-0.2, 0) is 19.3 Å². The van der Waals surface area contributed by atoms with Crippen molar-refractivity contribution in [1.82, 2.24) is 0 Å². The van der Waals surface area contributed by atoms with Crippen molar-refractivity contribution in [3.8, 4) is 0 Å². The van der Waals surface area contributed by atoms with Gasteiger partial charge in [-0.15, -0.1) is 0 Å². The van der Waals surface area contributed by atoms with Gasteiger partial charge in [-0.2, -0.15) is 0 Å². The molecule has 132 valence electrons. The van der Waals surface area contributed by atoms with Crippen LogP contribution in [0.4, 0.5) is 0 Å². The maximum atomic E-state index is 11.5. The lowest BCUT2D eigenvalue weighted by atomic mass is 9.83. The molecule has 24 heavy (non-hydrogen) atoms. The Morgan fingerprint density at radius 1 is 0.583 bits per heavy atom. The fraction of sp³-hybridized carbons (Fsp3) is 0.400. The van der Waals surface area contributed by atoms with Crippen molar-refractivity contribution in [1.29, 1.82) is 0 Å². The van der Waals surface area contributed by atoms with Crippen molar-refractivity contribution in [2.45, 2.75) is 19.3 Å². The van der Waals surface area contributed by atoms with Crippen molar-refractivity contribution < 1.29 is 45.0 Å². The van der Waals surface area contributed by atoms with E-state index in [1.54, 1.807) is 0 Å². The van der Waals surface area contributed by atoms with Gasteiger partial charge in [0.1, 0.15) is 0 Å². The first-order chi connectivity index (χ1) is 11.3. The number of carboxylic acids is 3. The van der Waals surface area contributed by atoms with E-state index >= 15 is 0 Å². The zero-order chi connectivity index (χ0) is 18.4. The summed E-state index contributed by atoms with van der Waals surface area (Å²) in [6.45, 7) is -1.82. The fourth-order valence-corrected chi connectivity index (χ4v) is 2.74. The van der Waals surface area contributed by atoms with Crippen molar-refractivity contribution >= 4 is 17.9 Å². The van der Waals surface area contributed by atoms with Gasteiger partial charge in [-0.25, -0.2) is 0 Å². The molecule has 0 aliphatic rings. The van der Waals surface area contributed by atoms with Crippen LogP contribution in [-0.4, -0.2) is 53.0 Å². The summed E-state index contributed by atoms with van der Waals surface area (Å²) in [6, 6.07) is 0. The molecule has 0 fully saturated rings. The highest BCUT2D eigenvalue weighted by Gasteiger charge is 2.24. The van der Waals surface area contributed by atoms with Crippen LogP contribution in [0.1, 0.15) is 47.8 Å². The largest absolute Gasteiger partial charge is 0.545 e. The molecule has 0 radical (unpaired) electrons. The Kier molecular flexibility index (Phi) is 6.83. The zero-order valence-corrected chi connectivity index (χ0v) is 12.5. The molecule has 9 heteroatoms. The minimum Gasteiger partial charge on any atom is -0.545 e. The second-order valence-corrected chi connectivity index (χ2v) is 4.84. The molecular weight excluding hydrogens is 324 g/mol. The van der Waals surface area contributed by atoms with E-state index < -0.39 is 66.4 Å². The number of carbonyl (C=O) groups excluding carboxylic acids is 3. The Labute approximate surface area is 136 Å². The van der Waals surface area contributed by atoms with E-state index in [-0.39, 0.29) is 24.0 Å². The molecule has 1 rings (SSSR count). The van der Waals surface area contributed by atoms with Crippen LogP contribution in [0.3, 0.4) is 0 Å². The highest BCUT2D eigenvalue weighted by molar-refractivity contribution is 6.06. The topological polar surface area (TPSA) is 181 Å². The van der Waals surface area contributed by atoms with Gasteiger partial charge in [-0.3, -0.25) is 0 Å². The summed E-state index contributed by atoms with van der Waals surface area (Å²) in [5.41, 5.74) is -3.35. The van der Waals surface area contributed by atoms with E-state index in [1.165, 1.54) is 0 Å². The number of aliphatic hydroxyl groups is 3. The van der Waals surface area contributed by atoms with E-state index in [0.29, 0.717) is 0 Å². The molecule has 9 nitrogen and oxygen atoms in total. The molecule has 0 amide bonds. The number of carboxylic acid groups (broad SMARTS) is 3. The molecule has 0 bridgehead atoms. The third-order valence-electron chi connectivity index (χ3n) is 3.52. The number of rotatable bonds is 9. The SMILES string of the molecule is O=C([O-])c1c(CCO)c(CCO)c(C(=O)[O-])c(C(=O)[O-])c1CCO. The van der Waals surface area contributed by atoms with E-state index in [0.717, 1.165) is 0 Å². The highest BCUT2D eigenvalue weighted by atomic mass is 16.4. The monoisotopic (exact) mass is 339 g/mol. The molecule has 0 atom stereocenters. The van der Waals surface area contributed by atoms with E-state index in [2.05, 4.69) is 0 Å². The van der Waals surface area contributed by atoms with Crippen molar-refractivity contribution in [2.75, 3.05) is 19.8 Å². The lowest BCUT2D eigenvalue weighted by Crippen LogP contribution is -2.36. The quantitative estimate of drug-likeness (QED) is 0.398. The summed E-state index contributed by atoms with van der Waals surface area (Å²) in [5.74, 6) is -5.66. The molecular formula is C15H15O9-3. The number of carbonyl (C=O) groups is 3. The molecule has 0 saturated carbocycles. The Morgan fingerprint density at radius 2 is 0.875 bits per heavy atom. The summed E-state index contributed by atoms with van der Waals surface area (Å²) in [7, 11) is 0. The first-order valence-electron chi connectivity index (χ1n) is 6.98. The van der Waals surface area contributed by atoms with Crippen LogP contribution < -0.4 is 15.3 Å². The predicted octanol–water partition coefficient (Wildman–Crippen LogP) is -4.62. The maximum Gasteiger partial charge on any atom is 0.0725 e. The van der Waals surface area contributed by atoms with E-state index in [1.807, 2.05) is 0 Å². The molecule has 0 aliphatic carbocycles. The smallest absolute Gasteiger partial charge is 0.0725 e. The first kappa shape index (κ1) is 19.6. The minimum atomic E-state index is -1.96. The van der Waals surface area contributed by atoms with Gasteiger partial charge in [0.15, 0.2) is 0 Å². The minimum absolute atomic E-state index is 0.181. The van der Waals surface area contributed by atoms with Crippen LogP contribution in [0.15, 0.2) is 0 Å². The predicted molar refractivity (Wildman–Crippen MR) is 71.8 cm³/mol. The Bertz CT molecular complexity index is 664. The van der Waals surface area contributed by atoms with Gasteiger partial charge in [-0.05, 0) is 36.0 Å². The number of benzene rings is 1. The van der Waals surface area contributed by atoms with Gasteiger partial charge < -0.3 is 45.0 Å². The molecule has 1 aromatic rings. The van der Waals surface area contributed by atoms with Gasteiger partial charge in [0.05, 0.1) is 17.9 Å². The summed E-state index contributed by atoms with van der Waals surface area (Å²) in [5, 5.41) is 61.7. The second-order valence-electron chi connectivity index (χ2n) is 4.84. The number of aromatic carboxylic acids is 3. The lowest BCUT2D eigenvalue weighted by Gasteiger charge is -2.27. The number of hydrogen-bond donors (Lipinski definition) is 3. The Balaban J connectivity index is 4.09. The van der Waals surface area contributed by atoms with Crippen LogP contribution in [0.5, 0.6) is 0 Å². The van der Waals surface area contributed by atoms with Gasteiger partial charge in [0, 0.05) is 36.5 Å². The molecule has 0 unspecified atom stereocenters. The van der Waals surface area contributed by atoms with E-state index in [4.69, 9.17) is 15.3 Å². The third-order valence-corrected chi connectivity index (χ3v) is 3.52. The fourth-order valence-electron chi connectivity index (χ4n) is 2.74. The molecule has 1 aromatic carbocycles. The Morgan fingerprint density at radius 3 is 1.21 bits per heavy atom. The molecule has 0 saturated heterocycles. The van der Waals surface area contributed by atoms with Gasteiger partial charge in [0.2, 0.25) is 0 Å².